The molecule has 6 N–H and O–H groups in total. The van der Waals surface area contributed by atoms with Crippen LogP contribution in [0.5, 0.6) is 5.75 Å². The SMILES string of the molecule is Cc1cc(COc2ccc(C(=O)NC3(CC(=O)NO)CCNCC3)cc2)cc(C)n1.O=C(O)C(F)(F)F.O=C(O)C(F)(F)F. The zero-order valence-electron chi connectivity index (χ0n) is 23.3. The molecule has 1 aliphatic heterocycles. The summed E-state index contributed by atoms with van der Waals surface area (Å²) in [6.45, 7) is 5.70. The van der Waals surface area contributed by atoms with Gasteiger partial charge in [0.25, 0.3) is 5.91 Å². The van der Waals surface area contributed by atoms with Crippen molar-refractivity contribution >= 4 is 23.8 Å². The summed E-state index contributed by atoms with van der Waals surface area (Å²) in [5.74, 6) is -5.62. The number of hydrogen-bond donors (Lipinski definition) is 6. The van der Waals surface area contributed by atoms with Crippen molar-refractivity contribution in [2.45, 2.75) is 57.6 Å². The maximum Gasteiger partial charge on any atom is 0.490 e. The molecule has 1 saturated heterocycles. The maximum absolute atomic E-state index is 12.8. The Morgan fingerprint density at radius 2 is 1.36 bits per heavy atom. The van der Waals surface area contributed by atoms with E-state index in [9.17, 15) is 35.9 Å². The van der Waals surface area contributed by atoms with Crippen LogP contribution in [0, 0.1) is 13.8 Å². The molecule has 18 heteroatoms. The van der Waals surface area contributed by atoms with Crippen LogP contribution in [-0.2, 0) is 21.0 Å². The van der Waals surface area contributed by atoms with Crippen molar-refractivity contribution in [2.24, 2.45) is 0 Å². The minimum atomic E-state index is -5.08. The van der Waals surface area contributed by atoms with Gasteiger partial charge >= 0.3 is 24.3 Å². The van der Waals surface area contributed by atoms with Gasteiger partial charge in [-0.15, -0.1) is 0 Å². The van der Waals surface area contributed by atoms with Crippen molar-refractivity contribution in [1.29, 1.82) is 0 Å². The monoisotopic (exact) mass is 640 g/mol. The number of carbonyl (C=O) groups excluding carboxylic acids is 2. The number of carbonyl (C=O) groups is 4. The van der Waals surface area contributed by atoms with Crippen LogP contribution >= 0.6 is 0 Å². The van der Waals surface area contributed by atoms with E-state index in [4.69, 9.17) is 29.7 Å². The standard InChI is InChI=1S/C22H28N4O4.2C2HF3O2/c1-15-11-17(12-16(2)24-15)14-30-19-5-3-18(4-6-19)21(28)25-22(13-20(27)26-29)7-9-23-10-8-22;2*3-2(4,5)1(6)7/h3-6,11-12,23,29H,7-10,13-14H2,1-2H3,(H,25,28)(H,26,27);2*(H,6,7). The number of carboxylic acids is 2. The molecule has 1 aromatic carbocycles. The Bertz CT molecular complexity index is 1240. The lowest BCUT2D eigenvalue weighted by Crippen LogP contribution is -2.56. The molecular formula is C26H30F6N4O8. The Morgan fingerprint density at radius 3 is 1.77 bits per heavy atom. The number of carboxylic acid groups (broad SMARTS) is 2. The Morgan fingerprint density at radius 1 is 0.909 bits per heavy atom. The summed E-state index contributed by atoms with van der Waals surface area (Å²) in [5.41, 5.74) is 4.40. The first-order chi connectivity index (χ1) is 20.3. The highest BCUT2D eigenvalue weighted by atomic mass is 19.4. The topological polar surface area (TPSA) is 187 Å². The second-order valence-corrected chi connectivity index (χ2v) is 9.37. The average Bonchev–Trinajstić information content (AvgIpc) is 2.91. The molecule has 244 valence electrons. The summed E-state index contributed by atoms with van der Waals surface area (Å²) < 4.78 is 69.3. The Hall–Kier alpha value is -4.45. The van der Waals surface area contributed by atoms with Gasteiger partial charge in [-0.05, 0) is 81.7 Å². The fourth-order valence-electron chi connectivity index (χ4n) is 3.78. The molecule has 1 aromatic heterocycles. The molecule has 3 rings (SSSR count). The van der Waals surface area contributed by atoms with E-state index in [2.05, 4.69) is 15.6 Å². The van der Waals surface area contributed by atoms with Crippen molar-refractivity contribution in [3.8, 4) is 5.75 Å². The zero-order chi connectivity index (χ0) is 33.7. The number of piperidine rings is 1. The minimum Gasteiger partial charge on any atom is -0.489 e. The van der Waals surface area contributed by atoms with Crippen molar-refractivity contribution in [3.05, 3.63) is 58.9 Å². The Balaban J connectivity index is 0.000000574. The molecule has 2 heterocycles. The predicted molar refractivity (Wildman–Crippen MR) is 139 cm³/mol. The van der Waals surface area contributed by atoms with E-state index in [1.807, 2.05) is 26.0 Å². The largest absolute Gasteiger partial charge is 0.490 e. The lowest BCUT2D eigenvalue weighted by molar-refractivity contribution is -0.193. The third-order valence-electron chi connectivity index (χ3n) is 5.71. The molecule has 1 aliphatic rings. The van der Waals surface area contributed by atoms with Gasteiger partial charge in [-0.1, -0.05) is 0 Å². The van der Waals surface area contributed by atoms with Crippen LogP contribution in [0.2, 0.25) is 0 Å². The van der Waals surface area contributed by atoms with Gasteiger partial charge in [0.05, 0.1) is 12.0 Å². The van der Waals surface area contributed by atoms with E-state index in [1.54, 1.807) is 29.7 Å². The highest BCUT2D eigenvalue weighted by molar-refractivity contribution is 5.95. The number of pyridine rings is 1. The number of alkyl halides is 6. The van der Waals surface area contributed by atoms with Gasteiger partial charge in [0.15, 0.2) is 0 Å². The molecule has 0 radical (unpaired) electrons. The number of nitrogens with zero attached hydrogens (tertiary/aromatic N) is 1. The molecule has 1 fully saturated rings. The van der Waals surface area contributed by atoms with Crippen LogP contribution in [0.3, 0.4) is 0 Å². The van der Waals surface area contributed by atoms with E-state index >= 15 is 0 Å². The molecule has 2 aromatic rings. The second kappa shape index (κ2) is 16.4. The number of amides is 2. The smallest absolute Gasteiger partial charge is 0.489 e. The molecule has 0 bridgehead atoms. The number of aromatic nitrogens is 1. The van der Waals surface area contributed by atoms with Crippen LogP contribution < -0.4 is 20.9 Å². The lowest BCUT2D eigenvalue weighted by Gasteiger charge is -2.37. The number of benzene rings is 1. The van der Waals surface area contributed by atoms with Crippen molar-refractivity contribution < 1.29 is 65.7 Å². The number of halogens is 6. The molecular weight excluding hydrogens is 610 g/mol. The second-order valence-electron chi connectivity index (χ2n) is 9.37. The normalized spacial score (nSPS) is 14.0. The summed E-state index contributed by atoms with van der Waals surface area (Å²) in [4.78, 5) is 46.7. The van der Waals surface area contributed by atoms with Gasteiger partial charge in [-0.25, -0.2) is 15.1 Å². The van der Waals surface area contributed by atoms with Crippen molar-refractivity contribution in [2.75, 3.05) is 13.1 Å². The quantitative estimate of drug-likeness (QED) is 0.149. The van der Waals surface area contributed by atoms with Crippen LogP contribution in [-0.4, -0.2) is 75.1 Å². The highest BCUT2D eigenvalue weighted by Gasteiger charge is 2.39. The number of hydrogen-bond acceptors (Lipinski definition) is 8. The van der Waals surface area contributed by atoms with Crippen molar-refractivity contribution in [3.63, 3.8) is 0 Å². The van der Waals surface area contributed by atoms with Crippen molar-refractivity contribution in [1.82, 2.24) is 21.1 Å². The molecule has 0 unspecified atom stereocenters. The minimum absolute atomic E-state index is 0.0306. The molecule has 12 nitrogen and oxygen atoms in total. The number of rotatable bonds is 7. The van der Waals surface area contributed by atoms with Crippen LogP contribution in [0.1, 0.15) is 46.6 Å². The third-order valence-corrected chi connectivity index (χ3v) is 5.71. The van der Waals surface area contributed by atoms with E-state index < -0.39 is 35.7 Å². The van der Waals surface area contributed by atoms with Crippen LogP contribution in [0.15, 0.2) is 36.4 Å². The van der Waals surface area contributed by atoms with Crippen LogP contribution in [0.25, 0.3) is 0 Å². The average molecular weight is 641 g/mol. The number of nitrogens with one attached hydrogen (secondary N) is 3. The summed E-state index contributed by atoms with van der Waals surface area (Å²) in [7, 11) is 0. The number of aliphatic carboxylic acids is 2. The molecule has 2 amide bonds. The maximum atomic E-state index is 12.8. The molecule has 0 saturated carbocycles. The summed E-state index contributed by atoms with van der Waals surface area (Å²) in [5, 5.41) is 29.4. The van der Waals surface area contributed by atoms with Gasteiger partial charge in [0.2, 0.25) is 5.91 Å². The fourth-order valence-corrected chi connectivity index (χ4v) is 3.78. The number of ether oxygens (including phenoxy) is 1. The first kappa shape index (κ1) is 37.6. The molecule has 0 aliphatic carbocycles. The molecule has 0 spiro atoms. The van der Waals surface area contributed by atoms with Gasteiger partial charge in [-0.2, -0.15) is 26.3 Å². The Kier molecular flexibility index (Phi) is 14.0. The molecule has 0 atom stereocenters. The van der Waals surface area contributed by atoms with E-state index in [0.29, 0.717) is 43.9 Å². The van der Waals surface area contributed by atoms with Gasteiger partial charge in [-0.3, -0.25) is 19.8 Å². The van der Waals surface area contributed by atoms with Crippen LogP contribution in [0.4, 0.5) is 26.3 Å². The highest BCUT2D eigenvalue weighted by Crippen LogP contribution is 2.24. The zero-order valence-corrected chi connectivity index (χ0v) is 23.3. The fraction of sp³-hybridized carbons (Fsp3) is 0.423. The lowest BCUT2D eigenvalue weighted by atomic mass is 9.84. The van der Waals surface area contributed by atoms with Gasteiger partial charge in [0, 0.05) is 17.0 Å². The first-order valence-electron chi connectivity index (χ1n) is 12.5. The summed E-state index contributed by atoms with van der Waals surface area (Å²) in [6.07, 6.45) is -8.92. The predicted octanol–water partition coefficient (Wildman–Crippen LogP) is 3.29. The third kappa shape index (κ3) is 13.7. The summed E-state index contributed by atoms with van der Waals surface area (Å²) >= 11 is 0. The molecule has 44 heavy (non-hydrogen) atoms. The number of hydroxylamine groups is 1. The van der Waals surface area contributed by atoms with Gasteiger partial charge in [0.1, 0.15) is 12.4 Å². The summed E-state index contributed by atoms with van der Waals surface area (Å²) in [6, 6.07) is 10.9. The van der Waals surface area contributed by atoms with E-state index in [1.165, 1.54) is 0 Å². The first-order valence-corrected chi connectivity index (χ1v) is 12.5. The van der Waals surface area contributed by atoms with E-state index in [0.717, 1.165) is 17.0 Å². The van der Waals surface area contributed by atoms with Gasteiger partial charge < -0.3 is 25.6 Å². The van der Waals surface area contributed by atoms with E-state index in [-0.39, 0.29) is 12.3 Å². The number of aryl methyl sites for hydroxylation is 2. The Labute approximate surface area is 246 Å².